The molecule has 1 aliphatic carbocycles. The Morgan fingerprint density at radius 2 is 1.75 bits per heavy atom. The second kappa shape index (κ2) is 4.56. The average Bonchev–Trinajstić information content (AvgIpc) is 2.31. The maximum absolute atomic E-state index is 9.49. The van der Waals surface area contributed by atoms with Crippen LogP contribution in [0.4, 0.5) is 0 Å². The highest BCUT2D eigenvalue weighted by molar-refractivity contribution is 6.91. The normalized spacial score (nSPS) is 25.7. The molecule has 1 N–H and O–H groups in total. The third-order valence-corrected chi connectivity index (χ3v) is 7.94. The zero-order valence-corrected chi connectivity index (χ0v) is 11.1. The maximum Gasteiger partial charge on any atom is 0.0873 e. The van der Waals surface area contributed by atoms with Crippen LogP contribution < -0.4 is 5.19 Å². The lowest BCUT2D eigenvalue weighted by Crippen LogP contribution is -2.46. The number of hydrogen-bond donors (Lipinski definition) is 1. The molecule has 0 fully saturated rings. The molecule has 1 aromatic carbocycles. The van der Waals surface area contributed by atoms with Crippen LogP contribution >= 0.6 is 0 Å². The van der Waals surface area contributed by atoms with Gasteiger partial charge in [0, 0.05) is 0 Å². The largest absolute Gasteiger partial charge is 0.389 e. The Morgan fingerprint density at radius 1 is 1.06 bits per heavy atom. The Morgan fingerprint density at radius 3 is 2.31 bits per heavy atom. The Kier molecular flexibility index (Phi) is 3.31. The van der Waals surface area contributed by atoms with Gasteiger partial charge in [-0.3, -0.25) is 0 Å². The van der Waals surface area contributed by atoms with E-state index in [1.807, 2.05) is 6.08 Å². The van der Waals surface area contributed by atoms with E-state index in [1.165, 1.54) is 5.19 Å². The van der Waals surface area contributed by atoms with Crippen molar-refractivity contribution in [2.45, 2.75) is 37.6 Å². The van der Waals surface area contributed by atoms with Gasteiger partial charge in [0.15, 0.2) is 0 Å². The molecule has 16 heavy (non-hydrogen) atoms. The molecule has 0 bridgehead atoms. The molecule has 0 aromatic heterocycles. The Bertz CT molecular complexity index is 370. The van der Waals surface area contributed by atoms with E-state index in [0.717, 1.165) is 12.8 Å². The maximum atomic E-state index is 9.49. The van der Waals surface area contributed by atoms with Gasteiger partial charge in [0.2, 0.25) is 0 Å². The molecule has 0 saturated carbocycles. The van der Waals surface area contributed by atoms with Crippen LogP contribution in [0.3, 0.4) is 0 Å². The molecule has 1 aromatic rings. The molecule has 1 nitrogen and oxygen atoms in total. The molecular weight excluding hydrogens is 212 g/mol. The lowest BCUT2D eigenvalue weighted by atomic mass is 10.1. The minimum atomic E-state index is -1.41. The van der Waals surface area contributed by atoms with Gasteiger partial charge in [-0.25, -0.2) is 0 Å². The molecule has 0 heterocycles. The molecule has 2 atom stereocenters. The van der Waals surface area contributed by atoms with Crippen LogP contribution in [0, 0.1) is 0 Å². The van der Waals surface area contributed by atoms with Gasteiger partial charge < -0.3 is 5.11 Å². The van der Waals surface area contributed by atoms with Gasteiger partial charge >= 0.3 is 0 Å². The number of hydrogen-bond acceptors (Lipinski definition) is 1. The van der Waals surface area contributed by atoms with Gasteiger partial charge in [-0.15, -0.1) is 0 Å². The SMILES string of the molecule is C[Si](C)(c1ccccc1)C1C=CC(O)CC1. The van der Waals surface area contributed by atoms with Gasteiger partial charge in [-0.05, 0) is 18.4 Å². The van der Waals surface area contributed by atoms with Gasteiger partial charge in [0.05, 0.1) is 14.2 Å². The molecule has 0 spiro atoms. The van der Waals surface area contributed by atoms with Crippen molar-refractivity contribution in [3.8, 4) is 0 Å². The van der Waals surface area contributed by atoms with Gasteiger partial charge in [0.25, 0.3) is 0 Å². The number of benzene rings is 1. The first-order valence-corrected chi connectivity index (χ1v) is 9.10. The van der Waals surface area contributed by atoms with Crippen molar-refractivity contribution in [2.75, 3.05) is 0 Å². The third kappa shape index (κ3) is 2.28. The summed E-state index contributed by atoms with van der Waals surface area (Å²) in [5.74, 6) is 0. The van der Waals surface area contributed by atoms with Gasteiger partial charge in [-0.1, -0.05) is 60.8 Å². The summed E-state index contributed by atoms with van der Waals surface area (Å²) in [7, 11) is -1.41. The molecule has 1 aliphatic rings. The van der Waals surface area contributed by atoms with Crippen LogP contribution in [-0.2, 0) is 0 Å². The van der Waals surface area contributed by atoms with Crippen LogP contribution in [0.2, 0.25) is 18.6 Å². The van der Waals surface area contributed by atoms with Gasteiger partial charge in [0.1, 0.15) is 0 Å². The van der Waals surface area contributed by atoms with Crippen molar-refractivity contribution in [3.63, 3.8) is 0 Å². The van der Waals surface area contributed by atoms with Crippen molar-refractivity contribution in [2.24, 2.45) is 0 Å². The van der Waals surface area contributed by atoms with E-state index >= 15 is 0 Å². The summed E-state index contributed by atoms with van der Waals surface area (Å²) in [6.45, 7) is 4.85. The van der Waals surface area contributed by atoms with Crippen molar-refractivity contribution in [3.05, 3.63) is 42.5 Å². The van der Waals surface area contributed by atoms with Crippen molar-refractivity contribution < 1.29 is 5.11 Å². The second-order valence-corrected chi connectivity index (χ2v) is 9.99. The summed E-state index contributed by atoms with van der Waals surface area (Å²) in [6, 6.07) is 10.8. The van der Waals surface area contributed by atoms with E-state index in [4.69, 9.17) is 0 Å². The van der Waals surface area contributed by atoms with E-state index in [0.29, 0.717) is 5.54 Å². The number of aliphatic hydroxyl groups excluding tert-OH is 1. The molecule has 0 radical (unpaired) electrons. The molecule has 0 amide bonds. The third-order valence-electron chi connectivity index (χ3n) is 3.78. The zero-order chi connectivity index (χ0) is 11.6. The monoisotopic (exact) mass is 232 g/mol. The van der Waals surface area contributed by atoms with Crippen molar-refractivity contribution >= 4 is 13.3 Å². The number of allylic oxidation sites excluding steroid dienone is 1. The van der Waals surface area contributed by atoms with Crippen LogP contribution in [0.1, 0.15) is 12.8 Å². The minimum absolute atomic E-state index is 0.211. The molecule has 0 aliphatic heterocycles. The highest BCUT2D eigenvalue weighted by atomic mass is 28.3. The minimum Gasteiger partial charge on any atom is -0.389 e. The molecule has 86 valence electrons. The second-order valence-electron chi connectivity index (χ2n) is 5.22. The Hall–Kier alpha value is -0.863. The first kappa shape index (κ1) is 11.6. The van der Waals surface area contributed by atoms with Crippen molar-refractivity contribution in [1.82, 2.24) is 0 Å². The van der Waals surface area contributed by atoms with E-state index in [-0.39, 0.29) is 6.10 Å². The quantitative estimate of drug-likeness (QED) is 0.614. The average molecular weight is 232 g/mol. The van der Waals surface area contributed by atoms with E-state index < -0.39 is 8.07 Å². The standard InChI is InChI=1S/C14H20OSi/c1-16(2,13-6-4-3-5-7-13)14-10-8-12(15)9-11-14/h3-8,10,12,14-15H,9,11H2,1-2H3. The topological polar surface area (TPSA) is 20.2 Å². The van der Waals surface area contributed by atoms with Crippen LogP contribution in [0.25, 0.3) is 0 Å². The van der Waals surface area contributed by atoms with E-state index in [1.54, 1.807) is 0 Å². The fourth-order valence-corrected chi connectivity index (χ4v) is 5.45. The summed E-state index contributed by atoms with van der Waals surface area (Å²) in [4.78, 5) is 0. The summed E-state index contributed by atoms with van der Waals surface area (Å²) >= 11 is 0. The van der Waals surface area contributed by atoms with E-state index in [9.17, 15) is 5.11 Å². The van der Waals surface area contributed by atoms with Crippen molar-refractivity contribution in [1.29, 1.82) is 0 Å². The fraction of sp³-hybridized carbons (Fsp3) is 0.429. The number of aliphatic hydroxyl groups is 1. The Labute approximate surface area is 98.8 Å². The predicted octanol–water partition coefficient (Wildman–Crippen LogP) is 2.68. The smallest absolute Gasteiger partial charge is 0.0873 e. The number of rotatable bonds is 2. The van der Waals surface area contributed by atoms with Gasteiger partial charge in [-0.2, -0.15) is 0 Å². The van der Waals surface area contributed by atoms with Crippen LogP contribution in [0.5, 0.6) is 0 Å². The van der Waals surface area contributed by atoms with Crippen LogP contribution in [-0.4, -0.2) is 19.3 Å². The predicted molar refractivity (Wildman–Crippen MR) is 71.7 cm³/mol. The Balaban J connectivity index is 2.23. The summed E-state index contributed by atoms with van der Waals surface area (Å²) in [5, 5.41) is 11.0. The summed E-state index contributed by atoms with van der Waals surface area (Å²) < 4.78 is 0. The molecule has 2 heteroatoms. The summed E-state index contributed by atoms with van der Waals surface area (Å²) in [6.07, 6.45) is 6.06. The molecule has 2 rings (SSSR count). The van der Waals surface area contributed by atoms with E-state index in [2.05, 4.69) is 49.5 Å². The summed E-state index contributed by atoms with van der Waals surface area (Å²) in [5.41, 5.74) is 0.665. The zero-order valence-electron chi connectivity index (χ0n) is 10.1. The van der Waals surface area contributed by atoms with Crippen LogP contribution in [0.15, 0.2) is 42.5 Å². The lowest BCUT2D eigenvalue weighted by Gasteiger charge is -2.33. The highest BCUT2D eigenvalue weighted by Crippen LogP contribution is 2.32. The molecule has 2 unspecified atom stereocenters. The molecule has 0 saturated heterocycles. The first-order valence-electron chi connectivity index (χ1n) is 6.02. The molecular formula is C14H20OSi. The fourth-order valence-electron chi connectivity index (χ4n) is 2.49. The highest BCUT2D eigenvalue weighted by Gasteiger charge is 2.33. The first-order chi connectivity index (χ1) is 7.60. The lowest BCUT2D eigenvalue weighted by molar-refractivity contribution is 0.204.